The van der Waals surface area contributed by atoms with Gasteiger partial charge in [0.05, 0.1) is 6.54 Å². The fourth-order valence-electron chi connectivity index (χ4n) is 0.571. The summed E-state index contributed by atoms with van der Waals surface area (Å²) in [6.07, 6.45) is 0.346. The van der Waals surface area contributed by atoms with E-state index >= 15 is 0 Å². The van der Waals surface area contributed by atoms with Gasteiger partial charge in [0.25, 0.3) is 0 Å². The Bertz CT molecular complexity index is 155. The average molecular weight is 158 g/mol. The van der Waals surface area contributed by atoms with E-state index in [4.69, 9.17) is 0 Å². The summed E-state index contributed by atoms with van der Waals surface area (Å²) in [6, 6.07) is 0. The first kappa shape index (κ1) is 10.1. The molecule has 0 aromatic heterocycles. The van der Waals surface area contributed by atoms with Gasteiger partial charge in [-0.05, 0) is 14.1 Å². The van der Waals surface area contributed by atoms with E-state index in [2.05, 4.69) is 5.32 Å². The third-order valence-electron chi connectivity index (χ3n) is 1.06. The van der Waals surface area contributed by atoms with Crippen molar-refractivity contribution in [3.8, 4) is 0 Å². The molecule has 11 heavy (non-hydrogen) atoms. The summed E-state index contributed by atoms with van der Waals surface area (Å²) in [4.78, 5) is 23.2. The van der Waals surface area contributed by atoms with Crippen LogP contribution in [-0.4, -0.2) is 37.4 Å². The van der Waals surface area contributed by atoms with E-state index in [1.54, 1.807) is 25.9 Å². The molecule has 0 bridgehead atoms. The van der Waals surface area contributed by atoms with Crippen molar-refractivity contribution in [1.29, 1.82) is 0 Å². The van der Waals surface area contributed by atoms with Crippen LogP contribution in [0.5, 0.6) is 0 Å². The topological polar surface area (TPSA) is 49.4 Å². The van der Waals surface area contributed by atoms with E-state index in [-0.39, 0.29) is 18.4 Å². The van der Waals surface area contributed by atoms with Crippen molar-refractivity contribution in [2.45, 2.75) is 13.3 Å². The smallest absolute Gasteiger partial charge is 0.240 e. The van der Waals surface area contributed by atoms with Gasteiger partial charge in [0.15, 0.2) is 0 Å². The molecule has 0 aliphatic heterocycles. The number of hydrogen-bond donors (Lipinski definition) is 1. The van der Waals surface area contributed by atoms with Crippen LogP contribution in [0.2, 0.25) is 0 Å². The number of rotatable bonds is 3. The van der Waals surface area contributed by atoms with Crippen molar-refractivity contribution in [2.24, 2.45) is 0 Å². The molecule has 2 amide bonds. The predicted octanol–water partition coefficient (Wildman–Crippen LogP) is -0.399. The van der Waals surface area contributed by atoms with Gasteiger partial charge in [-0.25, -0.2) is 0 Å². The number of carbonyl (C=O) groups is 2. The molecule has 0 atom stereocenters. The predicted molar refractivity (Wildman–Crippen MR) is 42.0 cm³/mol. The van der Waals surface area contributed by atoms with Crippen LogP contribution in [0.15, 0.2) is 0 Å². The average Bonchev–Trinajstić information content (AvgIpc) is 1.85. The second kappa shape index (κ2) is 4.85. The summed E-state index contributed by atoms with van der Waals surface area (Å²) in [6.45, 7) is 1.96. The van der Waals surface area contributed by atoms with Gasteiger partial charge in [0.1, 0.15) is 0 Å². The lowest BCUT2D eigenvalue weighted by molar-refractivity contribution is -0.130. The van der Waals surface area contributed by atoms with Crippen LogP contribution in [0.4, 0.5) is 0 Å². The standard InChI is InChI=1S/C7H14N2O2/c1-4-6(10)8-7(11)5-9(2)3/h4-5H2,1-3H3,(H,8,10,11). The molecule has 4 nitrogen and oxygen atoms in total. The third kappa shape index (κ3) is 5.54. The number of amides is 2. The minimum atomic E-state index is -0.248. The van der Waals surface area contributed by atoms with Crippen molar-refractivity contribution in [2.75, 3.05) is 20.6 Å². The maximum Gasteiger partial charge on any atom is 0.240 e. The van der Waals surface area contributed by atoms with Crippen LogP contribution in [0.1, 0.15) is 13.3 Å². The van der Waals surface area contributed by atoms with Crippen LogP contribution in [0.25, 0.3) is 0 Å². The largest absolute Gasteiger partial charge is 0.301 e. The molecule has 0 aromatic rings. The van der Waals surface area contributed by atoms with Crippen molar-refractivity contribution >= 4 is 11.8 Å². The van der Waals surface area contributed by atoms with Gasteiger partial charge >= 0.3 is 0 Å². The molecule has 0 aliphatic carbocycles. The Hall–Kier alpha value is -0.900. The molecule has 64 valence electrons. The van der Waals surface area contributed by atoms with Gasteiger partial charge in [-0.3, -0.25) is 14.9 Å². The Kier molecular flexibility index (Phi) is 4.45. The van der Waals surface area contributed by atoms with Crippen LogP contribution in [0, 0.1) is 0 Å². The van der Waals surface area contributed by atoms with Gasteiger partial charge in [-0.1, -0.05) is 6.92 Å². The Balaban J connectivity index is 3.61. The highest BCUT2D eigenvalue weighted by Gasteiger charge is 2.05. The van der Waals surface area contributed by atoms with Crippen molar-refractivity contribution < 1.29 is 9.59 Å². The Morgan fingerprint density at radius 1 is 1.27 bits per heavy atom. The third-order valence-corrected chi connectivity index (χ3v) is 1.06. The van der Waals surface area contributed by atoms with E-state index in [1.165, 1.54) is 0 Å². The molecule has 0 aromatic carbocycles. The maximum atomic E-state index is 10.8. The molecule has 0 saturated heterocycles. The minimum absolute atomic E-state index is 0.225. The lowest BCUT2D eigenvalue weighted by atomic mass is 10.4. The molecule has 0 aliphatic rings. The molecule has 0 fully saturated rings. The summed E-state index contributed by atoms with van der Waals surface area (Å²) < 4.78 is 0. The zero-order chi connectivity index (χ0) is 8.85. The van der Waals surface area contributed by atoms with Crippen LogP contribution < -0.4 is 5.32 Å². The monoisotopic (exact) mass is 158 g/mol. The highest BCUT2D eigenvalue weighted by Crippen LogP contribution is 1.77. The summed E-state index contributed by atoms with van der Waals surface area (Å²) in [5.41, 5.74) is 0. The molecular weight excluding hydrogens is 144 g/mol. The SMILES string of the molecule is CCC(=O)NC(=O)CN(C)C. The lowest BCUT2D eigenvalue weighted by Crippen LogP contribution is -2.36. The molecule has 4 heteroatoms. The van der Waals surface area contributed by atoms with Crippen molar-refractivity contribution in [3.05, 3.63) is 0 Å². The van der Waals surface area contributed by atoms with Crippen LogP contribution >= 0.6 is 0 Å². The van der Waals surface area contributed by atoms with E-state index in [0.717, 1.165) is 0 Å². The Labute approximate surface area is 66.6 Å². The zero-order valence-electron chi connectivity index (χ0n) is 7.18. The number of hydrogen-bond acceptors (Lipinski definition) is 3. The van der Waals surface area contributed by atoms with Gasteiger partial charge < -0.3 is 4.90 Å². The molecule has 0 unspecified atom stereocenters. The van der Waals surface area contributed by atoms with E-state index in [9.17, 15) is 9.59 Å². The highest BCUT2D eigenvalue weighted by molar-refractivity contribution is 5.95. The number of nitrogens with one attached hydrogen (secondary N) is 1. The Morgan fingerprint density at radius 3 is 2.18 bits per heavy atom. The number of imide groups is 1. The molecule has 0 radical (unpaired) electrons. The minimum Gasteiger partial charge on any atom is -0.301 e. The van der Waals surface area contributed by atoms with Gasteiger partial charge in [-0.2, -0.15) is 0 Å². The number of nitrogens with zero attached hydrogens (tertiary/aromatic N) is 1. The fourth-order valence-corrected chi connectivity index (χ4v) is 0.571. The Morgan fingerprint density at radius 2 is 1.82 bits per heavy atom. The van der Waals surface area contributed by atoms with Crippen molar-refractivity contribution in [1.82, 2.24) is 10.2 Å². The summed E-state index contributed by atoms with van der Waals surface area (Å²) in [7, 11) is 3.55. The highest BCUT2D eigenvalue weighted by atomic mass is 16.2. The summed E-state index contributed by atoms with van der Waals surface area (Å²) in [5.74, 6) is -0.473. The normalized spacial score (nSPS) is 9.82. The first-order chi connectivity index (χ1) is 5.06. The van der Waals surface area contributed by atoms with Crippen LogP contribution in [-0.2, 0) is 9.59 Å². The summed E-state index contributed by atoms with van der Waals surface area (Å²) in [5, 5.41) is 2.24. The first-order valence-electron chi connectivity index (χ1n) is 3.53. The van der Waals surface area contributed by atoms with Gasteiger partial charge in [0, 0.05) is 6.42 Å². The maximum absolute atomic E-state index is 10.8. The second-order valence-electron chi connectivity index (χ2n) is 2.56. The van der Waals surface area contributed by atoms with Gasteiger partial charge in [-0.15, -0.1) is 0 Å². The quantitative estimate of drug-likeness (QED) is 0.608. The molecule has 0 spiro atoms. The van der Waals surface area contributed by atoms with E-state index in [1.807, 2.05) is 0 Å². The first-order valence-corrected chi connectivity index (χ1v) is 3.53. The zero-order valence-corrected chi connectivity index (χ0v) is 7.18. The molecule has 0 saturated carbocycles. The van der Waals surface area contributed by atoms with Gasteiger partial charge in [0.2, 0.25) is 11.8 Å². The lowest BCUT2D eigenvalue weighted by Gasteiger charge is -2.07. The molecular formula is C7H14N2O2. The molecule has 0 heterocycles. The molecule has 1 N–H and O–H groups in total. The van der Waals surface area contributed by atoms with Crippen LogP contribution in [0.3, 0.4) is 0 Å². The summed E-state index contributed by atoms with van der Waals surface area (Å²) >= 11 is 0. The van der Waals surface area contributed by atoms with E-state index < -0.39 is 0 Å². The number of carbonyl (C=O) groups excluding carboxylic acids is 2. The van der Waals surface area contributed by atoms with E-state index in [0.29, 0.717) is 6.42 Å². The number of likely N-dealkylation sites (N-methyl/N-ethyl adjacent to an activating group) is 1. The fraction of sp³-hybridized carbons (Fsp3) is 0.714. The van der Waals surface area contributed by atoms with Crippen molar-refractivity contribution in [3.63, 3.8) is 0 Å². The second-order valence-corrected chi connectivity index (χ2v) is 2.56. The molecule has 0 rings (SSSR count).